The number of imidazole rings is 1. The van der Waals surface area contributed by atoms with Crippen molar-refractivity contribution < 1.29 is 4.79 Å². The van der Waals surface area contributed by atoms with E-state index in [2.05, 4.69) is 27.9 Å². The van der Waals surface area contributed by atoms with Gasteiger partial charge in [-0.2, -0.15) is 0 Å². The number of aryl methyl sites for hydroxylation is 1. The molecule has 2 aromatic rings. The molecule has 1 aromatic carbocycles. The molecule has 1 aromatic heterocycles. The molecule has 2 rings (SSSR count). The summed E-state index contributed by atoms with van der Waals surface area (Å²) < 4.78 is 2.23. The minimum absolute atomic E-state index is 0.0298. The third-order valence-corrected chi connectivity index (χ3v) is 4.19. The van der Waals surface area contributed by atoms with E-state index in [1.807, 2.05) is 18.2 Å². The van der Waals surface area contributed by atoms with E-state index in [-0.39, 0.29) is 5.91 Å². The second-order valence-electron chi connectivity index (χ2n) is 4.70. The third kappa shape index (κ3) is 3.54. The molecule has 5 heteroatoms. The first-order valence-electron chi connectivity index (χ1n) is 7.05. The van der Waals surface area contributed by atoms with E-state index >= 15 is 0 Å². The highest BCUT2D eigenvalue weighted by molar-refractivity contribution is 7.99. The number of carbonyl (C=O) groups is 1. The van der Waals surface area contributed by atoms with Gasteiger partial charge < -0.3 is 9.88 Å². The van der Waals surface area contributed by atoms with E-state index in [0.29, 0.717) is 5.75 Å². The van der Waals surface area contributed by atoms with Crippen molar-refractivity contribution in [2.75, 3.05) is 12.8 Å². The van der Waals surface area contributed by atoms with Crippen molar-refractivity contribution in [2.24, 2.45) is 0 Å². The van der Waals surface area contributed by atoms with Crippen molar-refractivity contribution in [1.82, 2.24) is 14.9 Å². The van der Waals surface area contributed by atoms with Crippen LogP contribution >= 0.6 is 11.8 Å². The van der Waals surface area contributed by atoms with Crippen molar-refractivity contribution >= 4 is 28.7 Å². The molecular weight excluding hydrogens is 270 g/mol. The smallest absolute Gasteiger partial charge is 0.230 e. The number of benzene rings is 1. The molecule has 0 unspecified atom stereocenters. The monoisotopic (exact) mass is 291 g/mol. The van der Waals surface area contributed by atoms with E-state index in [0.717, 1.165) is 29.2 Å². The second-order valence-corrected chi connectivity index (χ2v) is 5.65. The first kappa shape index (κ1) is 14.9. The van der Waals surface area contributed by atoms with Crippen LogP contribution in [0.5, 0.6) is 0 Å². The Morgan fingerprint density at radius 2 is 2.15 bits per heavy atom. The molecule has 0 spiro atoms. The van der Waals surface area contributed by atoms with Gasteiger partial charge in [0.15, 0.2) is 5.16 Å². The Hall–Kier alpha value is -1.49. The lowest BCUT2D eigenvalue weighted by molar-refractivity contribution is -0.118. The van der Waals surface area contributed by atoms with Crippen LogP contribution in [-0.4, -0.2) is 28.3 Å². The molecular formula is C15H21N3OS. The van der Waals surface area contributed by atoms with Crippen molar-refractivity contribution in [3.8, 4) is 0 Å². The Morgan fingerprint density at radius 3 is 2.90 bits per heavy atom. The van der Waals surface area contributed by atoms with Crippen LogP contribution in [0, 0.1) is 0 Å². The molecule has 1 amide bonds. The SMILES string of the molecule is CCCCCn1c(SCC(=O)NC)nc2ccccc21. The van der Waals surface area contributed by atoms with Crippen LogP contribution in [0.1, 0.15) is 26.2 Å². The molecule has 108 valence electrons. The molecule has 4 nitrogen and oxygen atoms in total. The third-order valence-electron chi connectivity index (χ3n) is 3.22. The van der Waals surface area contributed by atoms with Gasteiger partial charge in [-0.15, -0.1) is 0 Å². The Labute approximate surface area is 124 Å². The number of nitrogens with one attached hydrogen (secondary N) is 1. The summed E-state index contributed by atoms with van der Waals surface area (Å²) in [6.07, 6.45) is 3.56. The predicted molar refractivity (Wildman–Crippen MR) is 84.0 cm³/mol. The standard InChI is InChI=1S/C15H21N3OS/c1-3-4-7-10-18-13-9-6-5-8-12(13)17-15(18)20-11-14(19)16-2/h5-6,8-9H,3-4,7,10-11H2,1-2H3,(H,16,19). The van der Waals surface area contributed by atoms with Gasteiger partial charge in [-0.3, -0.25) is 4.79 Å². The van der Waals surface area contributed by atoms with E-state index in [4.69, 9.17) is 0 Å². The molecule has 0 bridgehead atoms. The summed E-state index contributed by atoms with van der Waals surface area (Å²) in [5, 5.41) is 3.58. The minimum atomic E-state index is 0.0298. The Morgan fingerprint density at radius 1 is 1.35 bits per heavy atom. The van der Waals surface area contributed by atoms with Gasteiger partial charge in [0.05, 0.1) is 16.8 Å². The molecule has 0 aliphatic rings. The molecule has 0 radical (unpaired) electrons. The number of nitrogens with zero attached hydrogens (tertiary/aromatic N) is 2. The molecule has 1 heterocycles. The molecule has 0 saturated heterocycles. The van der Waals surface area contributed by atoms with Gasteiger partial charge in [0.1, 0.15) is 0 Å². The minimum Gasteiger partial charge on any atom is -0.358 e. The summed E-state index contributed by atoms with van der Waals surface area (Å²) in [5.74, 6) is 0.440. The zero-order valence-corrected chi connectivity index (χ0v) is 12.9. The topological polar surface area (TPSA) is 46.9 Å². The number of amides is 1. The van der Waals surface area contributed by atoms with Gasteiger partial charge in [-0.1, -0.05) is 43.7 Å². The first-order chi connectivity index (χ1) is 9.76. The number of hydrogen-bond acceptors (Lipinski definition) is 3. The average molecular weight is 291 g/mol. The van der Waals surface area contributed by atoms with Gasteiger partial charge in [0, 0.05) is 13.6 Å². The number of para-hydroxylation sites is 2. The zero-order chi connectivity index (χ0) is 14.4. The number of fused-ring (bicyclic) bond motifs is 1. The summed E-state index contributed by atoms with van der Waals surface area (Å²) in [7, 11) is 1.66. The highest BCUT2D eigenvalue weighted by Crippen LogP contribution is 2.24. The number of rotatable bonds is 7. The molecule has 0 aliphatic heterocycles. The zero-order valence-electron chi connectivity index (χ0n) is 12.1. The maximum absolute atomic E-state index is 11.4. The average Bonchev–Trinajstić information content (AvgIpc) is 2.83. The van der Waals surface area contributed by atoms with E-state index < -0.39 is 0 Å². The van der Waals surface area contributed by atoms with E-state index in [9.17, 15) is 4.79 Å². The fourth-order valence-corrected chi connectivity index (χ4v) is 3.01. The molecule has 20 heavy (non-hydrogen) atoms. The quantitative estimate of drug-likeness (QED) is 0.630. The molecule has 1 N–H and O–H groups in total. The van der Waals surface area contributed by atoms with Gasteiger partial charge in [-0.05, 0) is 18.6 Å². The normalized spacial score (nSPS) is 10.9. The highest BCUT2D eigenvalue weighted by Gasteiger charge is 2.11. The lowest BCUT2D eigenvalue weighted by Crippen LogP contribution is -2.20. The summed E-state index contributed by atoms with van der Waals surface area (Å²) in [4.78, 5) is 16.0. The van der Waals surface area contributed by atoms with Crippen LogP contribution in [0.2, 0.25) is 0 Å². The van der Waals surface area contributed by atoms with Gasteiger partial charge in [0.25, 0.3) is 0 Å². The maximum atomic E-state index is 11.4. The summed E-state index contributed by atoms with van der Waals surface area (Å²) in [6, 6.07) is 8.15. The molecule has 0 atom stereocenters. The van der Waals surface area contributed by atoms with Crippen molar-refractivity contribution in [2.45, 2.75) is 37.9 Å². The predicted octanol–water partition coefficient (Wildman–Crippen LogP) is 3.06. The fourth-order valence-electron chi connectivity index (χ4n) is 2.10. The largest absolute Gasteiger partial charge is 0.358 e. The van der Waals surface area contributed by atoms with Gasteiger partial charge >= 0.3 is 0 Å². The summed E-state index contributed by atoms with van der Waals surface area (Å²) in [5.41, 5.74) is 2.16. The van der Waals surface area contributed by atoms with Crippen LogP contribution in [0.4, 0.5) is 0 Å². The summed E-state index contributed by atoms with van der Waals surface area (Å²) in [6.45, 7) is 3.16. The molecule has 0 fully saturated rings. The molecule has 0 saturated carbocycles. The Kier molecular flexibility index (Phi) is 5.47. The van der Waals surface area contributed by atoms with Crippen LogP contribution in [0.15, 0.2) is 29.4 Å². The first-order valence-corrected chi connectivity index (χ1v) is 8.03. The number of hydrogen-bond donors (Lipinski definition) is 1. The van der Waals surface area contributed by atoms with Crippen molar-refractivity contribution in [3.05, 3.63) is 24.3 Å². The number of carbonyl (C=O) groups excluding carboxylic acids is 1. The van der Waals surface area contributed by atoms with Crippen LogP contribution in [0.3, 0.4) is 0 Å². The van der Waals surface area contributed by atoms with Crippen LogP contribution < -0.4 is 5.32 Å². The second kappa shape index (κ2) is 7.33. The number of thioether (sulfide) groups is 1. The lowest BCUT2D eigenvalue weighted by Gasteiger charge is -2.08. The number of unbranched alkanes of at least 4 members (excludes halogenated alkanes) is 2. The maximum Gasteiger partial charge on any atom is 0.230 e. The molecule has 0 aliphatic carbocycles. The van der Waals surface area contributed by atoms with Gasteiger partial charge in [0.2, 0.25) is 5.91 Å². The fraction of sp³-hybridized carbons (Fsp3) is 0.467. The number of aromatic nitrogens is 2. The van der Waals surface area contributed by atoms with Crippen LogP contribution in [0.25, 0.3) is 11.0 Å². The highest BCUT2D eigenvalue weighted by atomic mass is 32.2. The van der Waals surface area contributed by atoms with E-state index in [1.54, 1.807) is 7.05 Å². The van der Waals surface area contributed by atoms with Crippen LogP contribution in [-0.2, 0) is 11.3 Å². The summed E-state index contributed by atoms with van der Waals surface area (Å²) >= 11 is 1.50. The Balaban J connectivity index is 2.21. The van der Waals surface area contributed by atoms with E-state index in [1.165, 1.54) is 24.6 Å². The lowest BCUT2D eigenvalue weighted by atomic mass is 10.2. The van der Waals surface area contributed by atoms with Crippen molar-refractivity contribution in [1.29, 1.82) is 0 Å². The van der Waals surface area contributed by atoms with Crippen molar-refractivity contribution in [3.63, 3.8) is 0 Å². The van der Waals surface area contributed by atoms with Gasteiger partial charge in [-0.25, -0.2) is 4.98 Å². The Bertz CT molecular complexity index is 580.